The second kappa shape index (κ2) is 13.8. The predicted octanol–water partition coefficient (Wildman–Crippen LogP) is 2.79. The van der Waals surface area contributed by atoms with Crippen LogP contribution < -0.4 is 5.32 Å². The van der Waals surface area contributed by atoms with Gasteiger partial charge < -0.3 is 25.2 Å². The summed E-state index contributed by atoms with van der Waals surface area (Å²) in [5.74, 6) is -1.27. The molecular weight excluding hydrogens is 506 g/mol. The third kappa shape index (κ3) is 8.34. The highest BCUT2D eigenvalue weighted by Gasteiger charge is 2.38. The Balaban J connectivity index is 1.85. The van der Waals surface area contributed by atoms with Crippen molar-refractivity contribution in [3.63, 3.8) is 0 Å². The van der Waals surface area contributed by atoms with Gasteiger partial charge in [-0.05, 0) is 31.8 Å². The molecule has 208 valence electrons. The second-order valence-electron chi connectivity index (χ2n) is 10.4. The maximum atomic E-state index is 13.3. The number of allylic oxidation sites excluding steroid dienone is 2. The topological polar surface area (TPSA) is 129 Å². The summed E-state index contributed by atoms with van der Waals surface area (Å²) in [6.07, 6.45) is 7.73. The Morgan fingerprint density at radius 2 is 1.97 bits per heavy atom. The van der Waals surface area contributed by atoms with Crippen molar-refractivity contribution in [1.82, 2.24) is 15.2 Å². The molecule has 5 atom stereocenters. The number of nitrogens with zero attached hydrogens (tertiary/aromatic N) is 2. The van der Waals surface area contributed by atoms with Crippen molar-refractivity contribution in [2.24, 2.45) is 11.8 Å². The fraction of sp³-hybridized carbons (Fsp3) is 0.571. The van der Waals surface area contributed by atoms with Gasteiger partial charge in [-0.2, -0.15) is 0 Å². The third-order valence-electron chi connectivity index (χ3n) is 6.69. The summed E-state index contributed by atoms with van der Waals surface area (Å²) in [5, 5.41) is 25.8. The molecule has 0 spiro atoms. The van der Waals surface area contributed by atoms with Crippen LogP contribution in [0.3, 0.4) is 0 Å². The van der Waals surface area contributed by atoms with Gasteiger partial charge in [-0.15, -0.1) is 11.3 Å². The molecule has 2 amide bonds. The summed E-state index contributed by atoms with van der Waals surface area (Å²) in [7, 11) is 0. The predicted molar refractivity (Wildman–Crippen MR) is 145 cm³/mol. The van der Waals surface area contributed by atoms with E-state index in [0.717, 1.165) is 5.57 Å². The van der Waals surface area contributed by atoms with Crippen molar-refractivity contribution in [1.29, 1.82) is 0 Å². The minimum absolute atomic E-state index is 0.00210. The lowest BCUT2D eigenvalue weighted by atomic mass is 9.94. The van der Waals surface area contributed by atoms with Crippen molar-refractivity contribution in [3.8, 4) is 0 Å². The fourth-order valence-electron chi connectivity index (χ4n) is 4.77. The van der Waals surface area contributed by atoms with E-state index >= 15 is 0 Å². The van der Waals surface area contributed by atoms with Crippen LogP contribution in [0.1, 0.15) is 62.5 Å². The zero-order chi connectivity index (χ0) is 27.8. The summed E-state index contributed by atoms with van der Waals surface area (Å²) < 4.78 is 5.91. The maximum absolute atomic E-state index is 13.3. The van der Waals surface area contributed by atoms with E-state index in [4.69, 9.17) is 4.74 Å². The molecule has 38 heavy (non-hydrogen) atoms. The largest absolute Gasteiger partial charge is 0.460 e. The molecule has 2 aliphatic heterocycles. The zero-order valence-corrected chi connectivity index (χ0v) is 23.3. The highest BCUT2D eigenvalue weighted by molar-refractivity contribution is 7.09. The Morgan fingerprint density at radius 3 is 2.71 bits per heavy atom. The Labute approximate surface area is 228 Å². The molecule has 1 saturated heterocycles. The number of amides is 2. The van der Waals surface area contributed by atoms with Crippen molar-refractivity contribution < 1.29 is 29.3 Å². The molecular formula is C28H39N3O6S. The van der Waals surface area contributed by atoms with Gasteiger partial charge in [0.25, 0.3) is 5.91 Å². The first kappa shape index (κ1) is 29.7. The average Bonchev–Trinajstić information content (AvgIpc) is 3.52. The summed E-state index contributed by atoms with van der Waals surface area (Å²) >= 11 is 1.27. The lowest BCUT2D eigenvalue weighted by molar-refractivity contribution is -0.158. The Kier molecular flexibility index (Phi) is 10.8. The second-order valence-corrected chi connectivity index (χ2v) is 11.3. The number of aliphatic hydroxyl groups excluding tert-OH is 2. The lowest BCUT2D eigenvalue weighted by Crippen LogP contribution is -2.44. The van der Waals surface area contributed by atoms with Gasteiger partial charge in [0.1, 0.15) is 17.8 Å². The van der Waals surface area contributed by atoms with E-state index in [-0.39, 0.29) is 42.2 Å². The van der Waals surface area contributed by atoms with Gasteiger partial charge >= 0.3 is 5.97 Å². The molecule has 0 saturated carbocycles. The molecule has 1 unspecified atom stereocenters. The minimum atomic E-state index is -0.860. The normalized spacial score (nSPS) is 29.4. The van der Waals surface area contributed by atoms with Gasteiger partial charge in [0.2, 0.25) is 5.91 Å². The van der Waals surface area contributed by atoms with Crippen LogP contribution in [0.25, 0.3) is 0 Å². The molecule has 9 nitrogen and oxygen atoms in total. The number of hydrogen-bond donors (Lipinski definition) is 3. The van der Waals surface area contributed by atoms with Crippen LogP contribution in [-0.2, 0) is 20.7 Å². The summed E-state index contributed by atoms with van der Waals surface area (Å²) in [5.41, 5.74) is 1.03. The number of aliphatic hydroxyl groups is 2. The van der Waals surface area contributed by atoms with Gasteiger partial charge in [0, 0.05) is 37.2 Å². The Hall–Kier alpha value is -2.82. The number of ether oxygens (including phenoxy) is 1. The smallest absolute Gasteiger partial charge is 0.329 e. The van der Waals surface area contributed by atoms with Gasteiger partial charge in [-0.1, -0.05) is 50.6 Å². The number of nitrogens with one attached hydrogen (secondary N) is 1. The molecule has 1 fully saturated rings. The number of hydrogen-bond acceptors (Lipinski definition) is 8. The van der Waals surface area contributed by atoms with Gasteiger partial charge in [-0.3, -0.25) is 9.59 Å². The number of esters is 1. The van der Waals surface area contributed by atoms with E-state index in [0.29, 0.717) is 30.9 Å². The van der Waals surface area contributed by atoms with Crippen molar-refractivity contribution in [2.45, 2.75) is 77.7 Å². The monoisotopic (exact) mass is 545 g/mol. The van der Waals surface area contributed by atoms with E-state index in [1.807, 2.05) is 27.7 Å². The SMILES string of the molecule is CC1=C[C@@H](O)C[C@H](O)Cc2nc(cs2)C(=O)N2CCC[C@@H]2C(=O)OC(C(C)C)[C@H](C)/C=C/C(=O)NCC=C1. The number of rotatable bonds is 1. The molecule has 1 aromatic heterocycles. The first-order valence-electron chi connectivity index (χ1n) is 13.2. The number of carbonyl (C=O) groups is 3. The van der Waals surface area contributed by atoms with Crippen LogP contribution in [0.5, 0.6) is 0 Å². The van der Waals surface area contributed by atoms with E-state index in [1.165, 1.54) is 22.3 Å². The van der Waals surface area contributed by atoms with E-state index in [1.54, 1.807) is 29.7 Å². The fourth-order valence-corrected chi connectivity index (χ4v) is 5.61. The number of aromatic nitrogens is 1. The highest BCUT2D eigenvalue weighted by Crippen LogP contribution is 2.26. The minimum Gasteiger partial charge on any atom is -0.460 e. The van der Waals surface area contributed by atoms with E-state index in [9.17, 15) is 24.6 Å². The summed E-state index contributed by atoms with van der Waals surface area (Å²) in [4.78, 5) is 44.7. The Morgan fingerprint density at radius 1 is 1.21 bits per heavy atom. The first-order chi connectivity index (χ1) is 18.0. The third-order valence-corrected chi connectivity index (χ3v) is 7.56. The number of thiazole rings is 1. The van der Waals surface area contributed by atoms with Crippen LogP contribution in [0.15, 0.2) is 41.3 Å². The van der Waals surface area contributed by atoms with Gasteiger partial charge in [0.15, 0.2) is 0 Å². The van der Waals surface area contributed by atoms with E-state index < -0.39 is 30.3 Å². The zero-order valence-electron chi connectivity index (χ0n) is 22.5. The van der Waals surface area contributed by atoms with Crippen molar-refractivity contribution in [3.05, 3.63) is 52.0 Å². The quantitative estimate of drug-likeness (QED) is 0.463. The molecule has 3 rings (SSSR count). The molecule has 1 aromatic rings. The molecule has 0 aliphatic carbocycles. The summed E-state index contributed by atoms with van der Waals surface area (Å²) in [6, 6.07) is -0.697. The average molecular weight is 546 g/mol. The van der Waals surface area contributed by atoms with E-state index in [2.05, 4.69) is 10.3 Å². The van der Waals surface area contributed by atoms with Crippen LogP contribution in [0, 0.1) is 11.8 Å². The van der Waals surface area contributed by atoms with Gasteiger partial charge in [0.05, 0.1) is 17.2 Å². The van der Waals surface area contributed by atoms with Crippen LogP contribution in [0.4, 0.5) is 0 Å². The maximum Gasteiger partial charge on any atom is 0.329 e. The molecule has 0 aromatic carbocycles. The summed E-state index contributed by atoms with van der Waals surface area (Å²) in [6.45, 7) is 8.37. The molecule has 2 aliphatic rings. The van der Waals surface area contributed by atoms with Crippen molar-refractivity contribution >= 4 is 29.1 Å². The number of cyclic esters (lactones) is 1. The standard InChI is InChI=1S/C28H39N3O6S/c1-17(2)26-19(4)9-10-24(34)29-11-5-7-18(3)13-20(32)14-21(33)15-25-30-22(16-38-25)27(35)31-12-6-8-23(31)28(36)37-26/h5,7,9-10,13,16-17,19-21,23,26,32-33H,6,8,11-12,14-15H2,1-4H3,(H,29,34)/b7-5?,10-9+,18-13?/t19-,20-,21+,23-,26?/m1/s1. The molecule has 3 heterocycles. The number of carbonyl (C=O) groups excluding carboxylic acids is 3. The van der Waals surface area contributed by atoms with Crippen molar-refractivity contribution in [2.75, 3.05) is 13.1 Å². The molecule has 2 bridgehead atoms. The Bertz CT molecular complexity index is 1080. The molecule has 10 heteroatoms. The van der Waals surface area contributed by atoms with Crippen LogP contribution in [-0.4, -0.2) is 75.3 Å². The lowest BCUT2D eigenvalue weighted by Gasteiger charge is -2.29. The number of fused-ring (bicyclic) bond motifs is 3. The first-order valence-corrected chi connectivity index (χ1v) is 14.1. The molecule has 0 radical (unpaired) electrons. The molecule has 3 N–H and O–H groups in total. The highest BCUT2D eigenvalue weighted by atomic mass is 32.1. The van der Waals surface area contributed by atoms with Crippen LogP contribution >= 0.6 is 11.3 Å². The van der Waals surface area contributed by atoms with Gasteiger partial charge in [-0.25, -0.2) is 9.78 Å². The van der Waals surface area contributed by atoms with Crippen LogP contribution in [0.2, 0.25) is 0 Å².